The van der Waals surface area contributed by atoms with Crippen molar-refractivity contribution in [2.24, 2.45) is 7.05 Å². The summed E-state index contributed by atoms with van der Waals surface area (Å²) in [5.74, 6) is 0.515. The van der Waals surface area contributed by atoms with Crippen LogP contribution in [0.15, 0.2) is 21.2 Å². The Kier molecular flexibility index (Phi) is 3.43. The van der Waals surface area contributed by atoms with Gasteiger partial charge in [-0.1, -0.05) is 0 Å². The fraction of sp³-hybridized carbons (Fsp3) is 0.571. The lowest BCUT2D eigenvalue weighted by Crippen LogP contribution is -2.52. The fourth-order valence-electron chi connectivity index (χ4n) is 3.30. The smallest absolute Gasteiger partial charge is 0.332 e. The third kappa shape index (κ3) is 2.54. The minimum absolute atomic E-state index is 0.258. The van der Waals surface area contributed by atoms with Crippen LogP contribution in [-0.2, 0) is 31.5 Å². The first-order valence-corrected chi connectivity index (χ1v) is 8.36. The second kappa shape index (κ2) is 5.36. The number of likely N-dealkylation sites (tertiary alicyclic amines) is 1. The number of thiazole rings is 1. The van der Waals surface area contributed by atoms with E-state index < -0.39 is 16.7 Å². The van der Waals surface area contributed by atoms with E-state index in [1.165, 1.54) is 11.6 Å². The zero-order chi connectivity index (χ0) is 16.0. The summed E-state index contributed by atoms with van der Waals surface area (Å²) < 4.78 is 8.62. The molecule has 1 fully saturated rings. The molecule has 122 valence electrons. The molecule has 0 saturated carbocycles. The van der Waals surface area contributed by atoms with Gasteiger partial charge in [0.25, 0.3) is 0 Å². The van der Waals surface area contributed by atoms with Gasteiger partial charge in [0.05, 0.1) is 13.1 Å². The molecule has 0 bridgehead atoms. The number of ether oxygens (including phenoxy) is 1. The van der Waals surface area contributed by atoms with Crippen LogP contribution in [0.25, 0.3) is 0 Å². The molecule has 1 unspecified atom stereocenters. The van der Waals surface area contributed by atoms with Gasteiger partial charge in [0.1, 0.15) is 17.2 Å². The highest BCUT2D eigenvalue weighted by Crippen LogP contribution is 2.31. The molecular weight excluding hydrogens is 318 g/mol. The van der Waals surface area contributed by atoms with Crippen LogP contribution in [0.3, 0.4) is 0 Å². The quantitative estimate of drug-likeness (QED) is 0.693. The molecule has 2 aromatic heterocycles. The van der Waals surface area contributed by atoms with Crippen molar-refractivity contribution in [2.45, 2.75) is 31.7 Å². The van der Waals surface area contributed by atoms with Gasteiger partial charge in [0.2, 0.25) is 0 Å². The molecule has 0 aliphatic carbocycles. The van der Waals surface area contributed by atoms with Crippen LogP contribution >= 0.6 is 11.3 Å². The molecular formula is C14H17N5O3S. The van der Waals surface area contributed by atoms with Crippen LogP contribution in [0, 0.1) is 0 Å². The van der Waals surface area contributed by atoms with Crippen molar-refractivity contribution in [3.63, 3.8) is 0 Å². The molecule has 0 radical (unpaired) electrons. The minimum Gasteiger partial charge on any atom is -0.364 e. The molecule has 2 aromatic rings. The summed E-state index contributed by atoms with van der Waals surface area (Å²) in [6.07, 6.45) is 2.64. The Bertz CT molecular complexity index is 843. The number of hydrogen-bond donors (Lipinski definition) is 0. The zero-order valence-corrected chi connectivity index (χ0v) is 13.6. The van der Waals surface area contributed by atoms with Crippen molar-refractivity contribution >= 4 is 11.3 Å². The summed E-state index contributed by atoms with van der Waals surface area (Å²) in [6, 6.07) is 0. The summed E-state index contributed by atoms with van der Waals surface area (Å²) in [7, 11) is 1.49. The van der Waals surface area contributed by atoms with Gasteiger partial charge in [-0.05, 0) is 6.42 Å². The number of aryl methyl sites for hydroxylation is 1. The predicted molar refractivity (Wildman–Crippen MR) is 83.3 cm³/mol. The maximum atomic E-state index is 12.2. The molecule has 2 aliphatic rings. The Morgan fingerprint density at radius 1 is 1.35 bits per heavy atom. The first kappa shape index (κ1) is 14.7. The van der Waals surface area contributed by atoms with E-state index in [-0.39, 0.29) is 6.61 Å². The summed E-state index contributed by atoms with van der Waals surface area (Å²) in [5, 5.41) is 7.17. The first-order chi connectivity index (χ1) is 11.1. The lowest BCUT2D eigenvalue weighted by Gasteiger charge is -2.35. The third-order valence-corrected chi connectivity index (χ3v) is 5.25. The highest BCUT2D eigenvalue weighted by Gasteiger charge is 2.43. The van der Waals surface area contributed by atoms with Gasteiger partial charge < -0.3 is 4.74 Å². The van der Waals surface area contributed by atoms with E-state index in [0.717, 1.165) is 35.7 Å². The van der Waals surface area contributed by atoms with E-state index >= 15 is 0 Å². The normalized spacial score (nSPS) is 24.2. The van der Waals surface area contributed by atoms with Crippen LogP contribution in [0.2, 0.25) is 0 Å². The predicted octanol–water partition coefficient (Wildman–Crippen LogP) is -0.427. The highest BCUT2D eigenvalue weighted by atomic mass is 32.1. The average Bonchev–Trinajstić information content (AvgIpc) is 3.18. The molecule has 4 rings (SSSR count). The molecule has 0 amide bonds. The van der Waals surface area contributed by atoms with Crippen molar-refractivity contribution in [1.82, 2.24) is 24.2 Å². The van der Waals surface area contributed by atoms with Gasteiger partial charge in [-0.3, -0.25) is 19.1 Å². The second-order valence-corrected chi connectivity index (χ2v) is 7.07. The van der Waals surface area contributed by atoms with Gasteiger partial charge in [-0.25, -0.2) is 9.67 Å². The van der Waals surface area contributed by atoms with Crippen molar-refractivity contribution in [2.75, 3.05) is 13.1 Å². The molecule has 0 N–H and O–H groups in total. The number of nitrogens with zero attached hydrogens (tertiary/aromatic N) is 5. The molecule has 1 saturated heterocycles. The molecule has 1 spiro atoms. The van der Waals surface area contributed by atoms with Crippen molar-refractivity contribution < 1.29 is 4.74 Å². The number of hydrogen-bond acceptors (Lipinski definition) is 7. The minimum atomic E-state index is -0.594. The maximum absolute atomic E-state index is 12.2. The van der Waals surface area contributed by atoms with Crippen molar-refractivity contribution in [3.05, 3.63) is 43.1 Å². The largest absolute Gasteiger partial charge is 0.364 e. The Morgan fingerprint density at radius 3 is 3.00 bits per heavy atom. The summed E-state index contributed by atoms with van der Waals surface area (Å²) in [4.78, 5) is 30.6. The van der Waals surface area contributed by atoms with Crippen molar-refractivity contribution in [1.29, 1.82) is 0 Å². The van der Waals surface area contributed by atoms with Gasteiger partial charge in [0.15, 0.2) is 5.82 Å². The molecule has 0 aromatic carbocycles. The van der Waals surface area contributed by atoms with E-state index in [4.69, 9.17) is 4.74 Å². The Balaban J connectivity index is 1.57. The molecule has 2 aliphatic heterocycles. The first-order valence-electron chi connectivity index (χ1n) is 7.48. The topological polar surface area (TPSA) is 82.3 Å². The SMILES string of the molecule is Cn1nc2n(c(=O)c1=O)CC1(CCN(Cc3nccs3)C1)OC2. The zero-order valence-electron chi connectivity index (χ0n) is 12.8. The van der Waals surface area contributed by atoms with Crippen LogP contribution < -0.4 is 11.1 Å². The second-order valence-electron chi connectivity index (χ2n) is 6.09. The van der Waals surface area contributed by atoms with E-state index in [1.807, 2.05) is 5.38 Å². The maximum Gasteiger partial charge on any atom is 0.332 e. The average molecular weight is 335 g/mol. The molecule has 8 nitrogen and oxygen atoms in total. The lowest BCUT2D eigenvalue weighted by atomic mass is 10.0. The van der Waals surface area contributed by atoms with Gasteiger partial charge >= 0.3 is 11.1 Å². The Labute approximate surface area is 136 Å². The highest BCUT2D eigenvalue weighted by molar-refractivity contribution is 7.09. The van der Waals surface area contributed by atoms with E-state index in [0.29, 0.717) is 12.4 Å². The van der Waals surface area contributed by atoms with Crippen molar-refractivity contribution in [3.8, 4) is 0 Å². The molecule has 4 heterocycles. The Morgan fingerprint density at radius 2 is 2.22 bits per heavy atom. The molecule has 9 heteroatoms. The van der Waals surface area contributed by atoms with Crippen LogP contribution in [-0.4, -0.2) is 42.9 Å². The summed E-state index contributed by atoms with van der Waals surface area (Å²) >= 11 is 1.64. The third-order valence-electron chi connectivity index (χ3n) is 4.49. The van der Waals surface area contributed by atoms with Crippen LogP contribution in [0.5, 0.6) is 0 Å². The standard InChI is InChI=1S/C14H17N5O3S/c1-17-12(20)13(21)19-9-14(22-7-10(19)16-17)2-4-18(8-14)6-11-15-3-5-23-11/h3,5H,2,4,6-9H2,1H3. The number of rotatable bonds is 2. The van der Waals surface area contributed by atoms with E-state index in [1.54, 1.807) is 17.5 Å². The van der Waals surface area contributed by atoms with E-state index in [2.05, 4.69) is 15.0 Å². The molecule has 1 atom stereocenters. The monoisotopic (exact) mass is 335 g/mol. The Hall–Kier alpha value is -1.84. The summed E-state index contributed by atoms with van der Waals surface area (Å²) in [5.41, 5.74) is -1.52. The summed E-state index contributed by atoms with van der Waals surface area (Å²) in [6.45, 7) is 3.06. The van der Waals surface area contributed by atoms with E-state index in [9.17, 15) is 9.59 Å². The van der Waals surface area contributed by atoms with Crippen LogP contribution in [0.1, 0.15) is 17.3 Å². The van der Waals surface area contributed by atoms with Gasteiger partial charge in [-0.2, -0.15) is 5.10 Å². The lowest BCUT2D eigenvalue weighted by molar-refractivity contribution is -0.0858. The van der Waals surface area contributed by atoms with Crippen LogP contribution in [0.4, 0.5) is 0 Å². The van der Waals surface area contributed by atoms with Gasteiger partial charge in [-0.15, -0.1) is 11.3 Å². The molecule has 23 heavy (non-hydrogen) atoms. The van der Waals surface area contributed by atoms with Gasteiger partial charge in [0, 0.05) is 31.7 Å². The fourth-order valence-corrected chi connectivity index (χ4v) is 3.95. The number of aromatic nitrogens is 4. The number of fused-ring (bicyclic) bond motifs is 1.